The maximum atomic E-state index is 13.7. The lowest BCUT2D eigenvalue weighted by atomic mass is 9.99. The number of amides is 2. The summed E-state index contributed by atoms with van der Waals surface area (Å²) in [6.07, 6.45) is -10.9. The highest BCUT2D eigenvalue weighted by Gasteiger charge is 2.36. The summed E-state index contributed by atoms with van der Waals surface area (Å²) in [5.41, 5.74) is -2.52. The number of nitrogens with one attached hydrogen (secondary N) is 1. The van der Waals surface area contributed by atoms with E-state index in [-0.39, 0.29) is 24.0 Å². The van der Waals surface area contributed by atoms with E-state index in [2.05, 4.69) is 10.4 Å². The van der Waals surface area contributed by atoms with E-state index in [4.69, 9.17) is 11.6 Å². The first-order valence-electron chi connectivity index (χ1n) is 11.8. The third kappa shape index (κ3) is 8.13. The Kier molecular flexibility index (Phi) is 9.53. The van der Waals surface area contributed by atoms with Gasteiger partial charge in [0.05, 0.1) is 11.6 Å². The second-order valence-electron chi connectivity index (χ2n) is 8.52. The molecule has 2 N–H and O–H groups in total. The summed E-state index contributed by atoms with van der Waals surface area (Å²) in [7, 11) is 0. The molecule has 3 rings (SSSR count). The quantitative estimate of drug-likeness (QED) is 0.323. The van der Waals surface area contributed by atoms with E-state index in [1.807, 2.05) is 0 Å². The first kappa shape index (κ1) is 31.3. The molecule has 0 saturated carbocycles. The van der Waals surface area contributed by atoms with E-state index in [1.54, 1.807) is 0 Å². The van der Waals surface area contributed by atoms with Crippen molar-refractivity contribution in [3.8, 4) is 11.4 Å². The van der Waals surface area contributed by atoms with Crippen molar-refractivity contribution >= 4 is 29.8 Å². The molecule has 1 aromatic heterocycles. The van der Waals surface area contributed by atoms with Crippen LogP contribution in [0.2, 0.25) is 5.02 Å². The summed E-state index contributed by atoms with van der Waals surface area (Å²) in [4.78, 5) is 38.3. The fourth-order valence-electron chi connectivity index (χ4n) is 3.83. The lowest BCUT2D eigenvalue weighted by Crippen LogP contribution is -2.42. The average Bonchev–Trinajstić information content (AvgIpc) is 3.19. The summed E-state index contributed by atoms with van der Waals surface area (Å²) in [6, 6.07) is 8.29. The molecule has 220 valence electrons. The van der Waals surface area contributed by atoms with Crippen molar-refractivity contribution in [2.75, 3.05) is 13.1 Å². The summed E-state index contributed by atoms with van der Waals surface area (Å²) < 4.78 is 80.8. The highest BCUT2D eigenvalue weighted by atomic mass is 35.5. The van der Waals surface area contributed by atoms with Gasteiger partial charge in [-0.05, 0) is 42.8 Å². The SMILES string of the molecule is CCN(CC(NC(=O)Cn1nc(-c2ccc(Cl)cc2)n(/C=C/C(F)(F)F)c1=O)c1ccccc1C(F)(F)F)C(=O)O. The number of alkyl halides is 6. The van der Waals surface area contributed by atoms with Gasteiger partial charge in [-0.3, -0.25) is 4.79 Å². The molecule has 1 unspecified atom stereocenters. The largest absolute Gasteiger partial charge is 0.465 e. The van der Waals surface area contributed by atoms with Crippen LogP contribution in [0.15, 0.2) is 59.4 Å². The Morgan fingerprint density at radius 2 is 1.73 bits per heavy atom. The molecule has 41 heavy (non-hydrogen) atoms. The van der Waals surface area contributed by atoms with E-state index in [1.165, 1.54) is 37.3 Å². The molecule has 0 radical (unpaired) electrons. The lowest BCUT2D eigenvalue weighted by molar-refractivity contribution is -0.139. The van der Waals surface area contributed by atoms with Crippen molar-refractivity contribution in [1.29, 1.82) is 0 Å². The monoisotopic (exact) mass is 605 g/mol. The molecule has 9 nitrogen and oxygen atoms in total. The van der Waals surface area contributed by atoms with Crippen LogP contribution >= 0.6 is 11.6 Å². The highest BCUT2D eigenvalue weighted by Crippen LogP contribution is 2.35. The van der Waals surface area contributed by atoms with Crippen molar-refractivity contribution in [3.63, 3.8) is 0 Å². The molecule has 3 aromatic rings. The van der Waals surface area contributed by atoms with Gasteiger partial charge in [0.15, 0.2) is 5.82 Å². The minimum Gasteiger partial charge on any atom is -0.465 e. The fraction of sp³-hybridized carbons (Fsp3) is 0.280. The number of allylic oxidation sites excluding steroid dienone is 1. The second-order valence-corrected chi connectivity index (χ2v) is 8.96. The molecule has 1 atom stereocenters. The normalized spacial score (nSPS) is 12.9. The van der Waals surface area contributed by atoms with Crippen molar-refractivity contribution in [1.82, 2.24) is 24.6 Å². The van der Waals surface area contributed by atoms with Crippen LogP contribution in [0.3, 0.4) is 0 Å². The summed E-state index contributed by atoms with van der Waals surface area (Å²) in [5, 5.41) is 16.0. The molecule has 0 aliphatic heterocycles. The molecule has 0 fully saturated rings. The number of nitrogens with zero attached hydrogens (tertiary/aromatic N) is 4. The fourth-order valence-corrected chi connectivity index (χ4v) is 3.96. The summed E-state index contributed by atoms with van der Waals surface area (Å²) in [5.74, 6) is -1.33. The van der Waals surface area contributed by atoms with Gasteiger partial charge in [-0.15, -0.1) is 5.10 Å². The minimum atomic E-state index is -4.84. The Labute approximate surface area is 233 Å². The number of likely N-dealkylation sites (N-methyl/N-ethyl adjacent to an activating group) is 1. The summed E-state index contributed by atoms with van der Waals surface area (Å²) >= 11 is 5.85. The second kappa shape index (κ2) is 12.5. The first-order valence-corrected chi connectivity index (χ1v) is 12.1. The topological polar surface area (TPSA) is 109 Å². The van der Waals surface area contributed by atoms with E-state index in [0.29, 0.717) is 20.5 Å². The molecule has 0 bridgehead atoms. The smallest absolute Gasteiger partial charge is 0.416 e. The van der Waals surface area contributed by atoms with Gasteiger partial charge in [-0.2, -0.15) is 26.3 Å². The zero-order chi connectivity index (χ0) is 30.5. The Balaban J connectivity index is 2.00. The number of carbonyl (C=O) groups excluding carboxylic acids is 1. The molecule has 2 aromatic carbocycles. The van der Waals surface area contributed by atoms with Gasteiger partial charge in [0.25, 0.3) is 0 Å². The van der Waals surface area contributed by atoms with Crippen LogP contribution in [0.4, 0.5) is 31.1 Å². The van der Waals surface area contributed by atoms with E-state index in [0.717, 1.165) is 23.1 Å². The number of hydrogen-bond donors (Lipinski definition) is 2. The zero-order valence-electron chi connectivity index (χ0n) is 21.1. The molecule has 0 spiro atoms. The van der Waals surface area contributed by atoms with Crippen molar-refractivity contribution < 1.29 is 41.0 Å². The Morgan fingerprint density at radius 3 is 2.29 bits per heavy atom. The van der Waals surface area contributed by atoms with Gasteiger partial charge in [0, 0.05) is 36.0 Å². The van der Waals surface area contributed by atoms with Gasteiger partial charge < -0.3 is 15.3 Å². The van der Waals surface area contributed by atoms with Crippen molar-refractivity contribution in [2.24, 2.45) is 0 Å². The number of halogens is 7. The van der Waals surface area contributed by atoms with Crippen molar-refractivity contribution in [3.05, 3.63) is 81.2 Å². The van der Waals surface area contributed by atoms with Crippen LogP contribution in [0.25, 0.3) is 17.6 Å². The van der Waals surface area contributed by atoms with Crippen LogP contribution in [0, 0.1) is 0 Å². The van der Waals surface area contributed by atoms with E-state index in [9.17, 15) is 45.8 Å². The highest BCUT2D eigenvalue weighted by molar-refractivity contribution is 6.30. The van der Waals surface area contributed by atoms with Gasteiger partial charge >= 0.3 is 24.1 Å². The molecular formula is C25H22ClF6N5O4. The van der Waals surface area contributed by atoms with Crippen molar-refractivity contribution in [2.45, 2.75) is 31.9 Å². The Morgan fingerprint density at radius 1 is 1.10 bits per heavy atom. The standard InChI is InChI=1S/C25H22ClF6N5O4/c1-2-35(23(40)41)13-19(17-5-3-4-6-18(17)25(30,31)32)33-20(38)14-37-22(39)36(12-11-24(27,28)29)21(34-37)15-7-9-16(26)10-8-15/h3-12,19H,2,13-14H2,1H3,(H,33,38)(H,40,41)/b12-11+. The molecule has 1 heterocycles. The summed E-state index contributed by atoms with van der Waals surface area (Å²) in [6.45, 7) is -0.147. The predicted octanol–water partition coefficient (Wildman–Crippen LogP) is 5.27. The van der Waals surface area contributed by atoms with Crippen LogP contribution in [0.1, 0.15) is 24.1 Å². The Hall–Kier alpha value is -4.27. The lowest BCUT2D eigenvalue weighted by Gasteiger charge is -2.27. The minimum absolute atomic E-state index is 0.115. The molecule has 0 aliphatic carbocycles. The van der Waals surface area contributed by atoms with Crippen LogP contribution in [0.5, 0.6) is 0 Å². The zero-order valence-corrected chi connectivity index (χ0v) is 21.8. The maximum absolute atomic E-state index is 13.7. The number of carbonyl (C=O) groups is 2. The van der Waals surface area contributed by atoms with E-state index < -0.39 is 60.3 Å². The van der Waals surface area contributed by atoms with Crippen LogP contribution in [-0.2, 0) is 17.5 Å². The molecule has 0 aliphatic rings. The van der Waals surface area contributed by atoms with E-state index >= 15 is 0 Å². The molecule has 16 heteroatoms. The molecular weight excluding hydrogens is 584 g/mol. The van der Waals surface area contributed by atoms with Gasteiger partial charge in [0.2, 0.25) is 5.91 Å². The number of rotatable bonds is 9. The number of benzene rings is 2. The van der Waals surface area contributed by atoms with Crippen LogP contribution in [-0.4, -0.2) is 55.6 Å². The third-order valence-electron chi connectivity index (χ3n) is 5.71. The predicted molar refractivity (Wildman–Crippen MR) is 136 cm³/mol. The van der Waals surface area contributed by atoms with Gasteiger partial charge in [-0.25, -0.2) is 18.8 Å². The van der Waals surface area contributed by atoms with Gasteiger partial charge in [0.1, 0.15) is 6.54 Å². The Bertz CT molecular complexity index is 1480. The van der Waals surface area contributed by atoms with Gasteiger partial charge in [-0.1, -0.05) is 29.8 Å². The van der Waals surface area contributed by atoms with Crippen LogP contribution < -0.4 is 11.0 Å². The average molecular weight is 606 g/mol. The molecule has 0 saturated heterocycles. The third-order valence-corrected chi connectivity index (χ3v) is 5.96. The first-order chi connectivity index (χ1) is 19.1. The maximum Gasteiger partial charge on any atom is 0.416 e. The number of aromatic nitrogens is 3. The number of carboxylic acid groups (broad SMARTS) is 1. The number of hydrogen-bond acceptors (Lipinski definition) is 4. The molecule has 2 amide bonds.